The standard InChI is InChI=1S/C13H27BrO/c1-2-3-12-15-13-10-8-6-4-5-7-9-11-14/h2-13H2,1H3. The summed E-state index contributed by atoms with van der Waals surface area (Å²) in [6.45, 7) is 4.14. The number of hydrogen-bond donors (Lipinski definition) is 0. The second-order valence-electron chi connectivity index (χ2n) is 4.13. The van der Waals surface area contributed by atoms with Gasteiger partial charge in [0.05, 0.1) is 0 Å². The van der Waals surface area contributed by atoms with Gasteiger partial charge in [-0.2, -0.15) is 0 Å². The maximum absolute atomic E-state index is 5.51. The van der Waals surface area contributed by atoms with Gasteiger partial charge in [0.1, 0.15) is 0 Å². The SMILES string of the molecule is CCCCOCCCCCCCCCBr. The molecule has 92 valence electrons. The second kappa shape index (κ2) is 14.4. The van der Waals surface area contributed by atoms with Crippen LogP contribution >= 0.6 is 15.9 Å². The molecule has 0 aromatic carbocycles. The van der Waals surface area contributed by atoms with E-state index in [0.717, 1.165) is 18.5 Å². The molecule has 2 heteroatoms. The highest BCUT2D eigenvalue weighted by Crippen LogP contribution is 2.08. The van der Waals surface area contributed by atoms with Crippen LogP contribution in [0.1, 0.15) is 64.7 Å². The van der Waals surface area contributed by atoms with Crippen LogP contribution in [0, 0.1) is 0 Å². The van der Waals surface area contributed by atoms with E-state index in [-0.39, 0.29) is 0 Å². The molecule has 0 aliphatic carbocycles. The lowest BCUT2D eigenvalue weighted by Crippen LogP contribution is -1.96. The number of unbranched alkanes of at least 4 members (excludes halogenated alkanes) is 7. The first-order valence-corrected chi connectivity index (χ1v) is 7.67. The summed E-state index contributed by atoms with van der Waals surface area (Å²) in [7, 11) is 0. The van der Waals surface area contributed by atoms with Crippen molar-refractivity contribution in [2.24, 2.45) is 0 Å². The Bertz CT molecular complexity index is 94.7. The second-order valence-corrected chi connectivity index (χ2v) is 4.92. The minimum atomic E-state index is 0.960. The summed E-state index contributed by atoms with van der Waals surface area (Å²) in [6, 6.07) is 0. The number of ether oxygens (including phenoxy) is 1. The summed E-state index contributed by atoms with van der Waals surface area (Å²) in [6.07, 6.45) is 12.0. The van der Waals surface area contributed by atoms with Crippen molar-refractivity contribution in [1.29, 1.82) is 0 Å². The molecular formula is C13H27BrO. The molecule has 0 radical (unpaired) electrons. The third-order valence-electron chi connectivity index (χ3n) is 2.56. The Balaban J connectivity index is 2.81. The summed E-state index contributed by atoms with van der Waals surface area (Å²) in [5, 5.41) is 1.16. The van der Waals surface area contributed by atoms with E-state index < -0.39 is 0 Å². The zero-order chi connectivity index (χ0) is 11.2. The summed E-state index contributed by atoms with van der Waals surface area (Å²) in [4.78, 5) is 0. The fourth-order valence-corrected chi connectivity index (χ4v) is 1.93. The fraction of sp³-hybridized carbons (Fsp3) is 1.00. The lowest BCUT2D eigenvalue weighted by atomic mass is 10.1. The fourth-order valence-electron chi connectivity index (χ4n) is 1.53. The lowest BCUT2D eigenvalue weighted by Gasteiger charge is -2.03. The van der Waals surface area contributed by atoms with Crippen LogP contribution < -0.4 is 0 Å². The van der Waals surface area contributed by atoms with Crippen molar-refractivity contribution in [3.63, 3.8) is 0 Å². The van der Waals surface area contributed by atoms with Crippen LogP contribution in [0.4, 0.5) is 0 Å². The lowest BCUT2D eigenvalue weighted by molar-refractivity contribution is 0.127. The molecule has 0 atom stereocenters. The third-order valence-corrected chi connectivity index (χ3v) is 3.13. The molecule has 0 saturated heterocycles. The molecule has 0 aliphatic rings. The predicted octanol–water partition coefficient (Wildman–Crippen LogP) is 4.93. The summed E-state index contributed by atoms with van der Waals surface area (Å²) < 4.78 is 5.51. The van der Waals surface area contributed by atoms with Gasteiger partial charge in [-0.05, 0) is 19.3 Å². The molecule has 0 fully saturated rings. The van der Waals surface area contributed by atoms with E-state index >= 15 is 0 Å². The first-order chi connectivity index (χ1) is 7.41. The van der Waals surface area contributed by atoms with Crippen LogP contribution in [0.15, 0.2) is 0 Å². The van der Waals surface area contributed by atoms with Gasteiger partial charge in [-0.25, -0.2) is 0 Å². The van der Waals surface area contributed by atoms with Gasteiger partial charge in [0.2, 0.25) is 0 Å². The van der Waals surface area contributed by atoms with Crippen molar-refractivity contribution in [2.45, 2.75) is 64.7 Å². The van der Waals surface area contributed by atoms with Crippen molar-refractivity contribution in [2.75, 3.05) is 18.5 Å². The summed E-state index contributed by atoms with van der Waals surface area (Å²) in [5.74, 6) is 0. The molecule has 0 saturated carbocycles. The number of halogens is 1. The molecule has 0 aromatic heterocycles. The van der Waals surface area contributed by atoms with E-state index in [1.54, 1.807) is 0 Å². The van der Waals surface area contributed by atoms with Crippen LogP contribution in [0.25, 0.3) is 0 Å². The van der Waals surface area contributed by atoms with Gasteiger partial charge in [-0.3, -0.25) is 0 Å². The molecular weight excluding hydrogens is 252 g/mol. The maximum Gasteiger partial charge on any atom is 0.0466 e. The molecule has 0 N–H and O–H groups in total. The predicted molar refractivity (Wildman–Crippen MR) is 71.8 cm³/mol. The number of rotatable bonds is 12. The van der Waals surface area contributed by atoms with E-state index in [2.05, 4.69) is 22.9 Å². The van der Waals surface area contributed by atoms with E-state index in [1.807, 2.05) is 0 Å². The van der Waals surface area contributed by atoms with Gasteiger partial charge >= 0.3 is 0 Å². The van der Waals surface area contributed by atoms with Crippen molar-refractivity contribution >= 4 is 15.9 Å². The van der Waals surface area contributed by atoms with Crippen LogP contribution in [-0.4, -0.2) is 18.5 Å². The van der Waals surface area contributed by atoms with Crippen LogP contribution in [0.5, 0.6) is 0 Å². The van der Waals surface area contributed by atoms with E-state index in [0.29, 0.717) is 0 Å². The molecule has 0 bridgehead atoms. The van der Waals surface area contributed by atoms with E-state index in [1.165, 1.54) is 57.8 Å². The minimum absolute atomic E-state index is 0.960. The Labute approximate surface area is 104 Å². The highest BCUT2D eigenvalue weighted by molar-refractivity contribution is 9.09. The Morgan fingerprint density at radius 1 is 0.733 bits per heavy atom. The third kappa shape index (κ3) is 14.4. The topological polar surface area (TPSA) is 9.23 Å². The minimum Gasteiger partial charge on any atom is -0.381 e. The van der Waals surface area contributed by atoms with Gasteiger partial charge in [0.15, 0.2) is 0 Å². The molecule has 1 nitrogen and oxygen atoms in total. The number of alkyl halides is 1. The van der Waals surface area contributed by atoms with Crippen LogP contribution in [-0.2, 0) is 4.74 Å². The zero-order valence-electron chi connectivity index (χ0n) is 10.3. The van der Waals surface area contributed by atoms with E-state index in [4.69, 9.17) is 4.74 Å². The average molecular weight is 279 g/mol. The Hall–Kier alpha value is 0.440. The first kappa shape index (κ1) is 15.4. The van der Waals surface area contributed by atoms with Gasteiger partial charge in [0, 0.05) is 18.5 Å². The van der Waals surface area contributed by atoms with Gasteiger partial charge in [-0.1, -0.05) is 61.4 Å². The largest absolute Gasteiger partial charge is 0.381 e. The van der Waals surface area contributed by atoms with E-state index in [9.17, 15) is 0 Å². The highest BCUT2D eigenvalue weighted by Gasteiger charge is 1.92. The van der Waals surface area contributed by atoms with Crippen molar-refractivity contribution in [1.82, 2.24) is 0 Å². The first-order valence-electron chi connectivity index (χ1n) is 6.55. The maximum atomic E-state index is 5.51. The Morgan fingerprint density at radius 2 is 1.27 bits per heavy atom. The quantitative estimate of drug-likeness (QED) is 0.363. The number of hydrogen-bond acceptors (Lipinski definition) is 1. The zero-order valence-corrected chi connectivity index (χ0v) is 11.9. The van der Waals surface area contributed by atoms with Crippen molar-refractivity contribution in [3.05, 3.63) is 0 Å². The van der Waals surface area contributed by atoms with Crippen LogP contribution in [0.3, 0.4) is 0 Å². The molecule has 0 aromatic rings. The Kier molecular flexibility index (Phi) is 14.9. The molecule has 0 spiro atoms. The van der Waals surface area contributed by atoms with Crippen LogP contribution in [0.2, 0.25) is 0 Å². The molecule has 0 aliphatic heterocycles. The van der Waals surface area contributed by atoms with Crippen molar-refractivity contribution in [3.8, 4) is 0 Å². The molecule has 0 unspecified atom stereocenters. The molecule has 15 heavy (non-hydrogen) atoms. The van der Waals surface area contributed by atoms with Gasteiger partial charge in [-0.15, -0.1) is 0 Å². The Morgan fingerprint density at radius 3 is 1.87 bits per heavy atom. The van der Waals surface area contributed by atoms with Gasteiger partial charge in [0.25, 0.3) is 0 Å². The smallest absolute Gasteiger partial charge is 0.0466 e. The van der Waals surface area contributed by atoms with Gasteiger partial charge < -0.3 is 4.74 Å². The average Bonchev–Trinajstić information content (AvgIpc) is 2.26. The molecule has 0 rings (SSSR count). The van der Waals surface area contributed by atoms with Crippen molar-refractivity contribution < 1.29 is 4.74 Å². The molecule has 0 heterocycles. The molecule has 0 amide bonds. The highest BCUT2D eigenvalue weighted by atomic mass is 79.9. The summed E-state index contributed by atoms with van der Waals surface area (Å²) in [5.41, 5.74) is 0. The normalized spacial score (nSPS) is 10.8. The summed E-state index contributed by atoms with van der Waals surface area (Å²) >= 11 is 3.46. The monoisotopic (exact) mass is 278 g/mol.